The molecule has 0 spiro atoms. The molecule has 0 saturated heterocycles. The van der Waals surface area contributed by atoms with E-state index in [1.165, 1.54) is 4.88 Å². The molecule has 0 aromatic carbocycles. The number of thiophene rings is 1. The summed E-state index contributed by atoms with van der Waals surface area (Å²) >= 11 is 1.59. The second-order valence-corrected chi connectivity index (χ2v) is 5.92. The first-order valence-electron chi connectivity index (χ1n) is 5.57. The Morgan fingerprint density at radius 3 is 2.65 bits per heavy atom. The predicted molar refractivity (Wildman–Crippen MR) is 65.1 cm³/mol. The third-order valence-corrected chi connectivity index (χ3v) is 4.06. The fourth-order valence-corrected chi connectivity index (χ4v) is 2.57. The Kier molecular flexibility index (Phi) is 3.19. The Morgan fingerprint density at radius 1 is 1.47 bits per heavy atom. The lowest BCUT2D eigenvalue weighted by Gasteiger charge is -2.10. The van der Waals surface area contributed by atoms with E-state index >= 15 is 0 Å². The van der Waals surface area contributed by atoms with Crippen LogP contribution in [0, 0.1) is 12.3 Å². The van der Waals surface area contributed by atoms with E-state index in [1.54, 1.807) is 11.3 Å². The van der Waals surface area contributed by atoms with Crippen LogP contribution in [0.15, 0.2) is 12.1 Å². The van der Waals surface area contributed by atoms with Gasteiger partial charge in [0.05, 0.1) is 11.8 Å². The van der Waals surface area contributed by atoms with E-state index in [-0.39, 0.29) is 12.5 Å². The maximum Gasteiger partial charge on any atom is 0.311 e. The second kappa shape index (κ2) is 4.49. The summed E-state index contributed by atoms with van der Waals surface area (Å²) in [4.78, 5) is 24.7. The zero-order chi connectivity index (χ0) is 12.5. The van der Waals surface area contributed by atoms with E-state index in [0.717, 1.165) is 4.88 Å². The highest BCUT2D eigenvalue weighted by molar-refractivity contribution is 7.12. The predicted octanol–water partition coefficient (Wildman–Crippen LogP) is 1.58. The van der Waals surface area contributed by atoms with Crippen molar-refractivity contribution in [3.63, 3.8) is 0 Å². The van der Waals surface area contributed by atoms with Crippen molar-refractivity contribution < 1.29 is 14.7 Å². The van der Waals surface area contributed by atoms with Crippen molar-refractivity contribution in [3.05, 3.63) is 21.9 Å². The van der Waals surface area contributed by atoms with E-state index < -0.39 is 11.4 Å². The smallest absolute Gasteiger partial charge is 0.311 e. The maximum absolute atomic E-state index is 11.6. The third-order valence-electron chi connectivity index (χ3n) is 3.06. The van der Waals surface area contributed by atoms with Crippen molar-refractivity contribution >= 4 is 23.2 Å². The first-order valence-corrected chi connectivity index (χ1v) is 6.39. The summed E-state index contributed by atoms with van der Waals surface area (Å²) in [6.07, 6.45) is 1.68. The maximum atomic E-state index is 11.6. The summed E-state index contributed by atoms with van der Waals surface area (Å²) in [5, 5.41) is 11.7. The van der Waals surface area contributed by atoms with Crippen molar-refractivity contribution in [3.8, 4) is 0 Å². The topological polar surface area (TPSA) is 66.4 Å². The van der Waals surface area contributed by atoms with E-state index in [0.29, 0.717) is 19.3 Å². The average molecular weight is 253 g/mol. The number of rotatable bonds is 5. The molecular formula is C12H15NO3S. The first kappa shape index (κ1) is 12.1. The number of amides is 1. The quantitative estimate of drug-likeness (QED) is 0.837. The Labute approximate surface area is 104 Å². The highest BCUT2D eigenvalue weighted by atomic mass is 32.1. The average Bonchev–Trinajstić information content (AvgIpc) is 2.96. The fraction of sp³-hybridized carbons (Fsp3) is 0.500. The number of hydrogen-bond acceptors (Lipinski definition) is 3. The molecule has 0 atom stereocenters. The fourth-order valence-electron chi connectivity index (χ4n) is 1.69. The number of aryl methyl sites for hydroxylation is 1. The molecule has 1 saturated carbocycles. The van der Waals surface area contributed by atoms with Gasteiger partial charge in [0.25, 0.3) is 0 Å². The van der Waals surface area contributed by atoms with Crippen molar-refractivity contribution in [2.45, 2.75) is 26.2 Å². The number of carboxylic acids is 1. The van der Waals surface area contributed by atoms with Crippen LogP contribution in [-0.4, -0.2) is 23.5 Å². The Morgan fingerprint density at radius 2 is 2.18 bits per heavy atom. The largest absolute Gasteiger partial charge is 0.481 e. The summed E-state index contributed by atoms with van der Waals surface area (Å²) in [7, 11) is 0. The standard InChI is InChI=1S/C12H15NO3S/c1-8-2-3-9(17-8)6-10(14)13-7-12(4-5-12)11(15)16/h2-3H,4-7H2,1H3,(H,13,14)(H,15,16). The van der Waals surface area contributed by atoms with Crippen LogP contribution in [-0.2, 0) is 16.0 Å². The normalized spacial score (nSPS) is 16.5. The SMILES string of the molecule is Cc1ccc(CC(=O)NCC2(C(=O)O)CC2)s1. The Balaban J connectivity index is 1.80. The molecule has 1 aromatic rings. The van der Waals surface area contributed by atoms with Crippen LogP contribution >= 0.6 is 11.3 Å². The molecule has 0 aliphatic heterocycles. The van der Waals surface area contributed by atoms with Crippen LogP contribution < -0.4 is 5.32 Å². The van der Waals surface area contributed by atoms with E-state index in [1.807, 2.05) is 19.1 Å². The summed E-state index contributed by atoms with van der Waals surface area (Å²) < 4.78 is 0. The number of hydrogen-bond donors (Lipinski definition) is 2. The van der Waals surface area contributed by atoms with Gasteiger partial charge in [-0.2, -0.15) is 0 Å². The minimum absolute atomic E-state index is 0.0978. The van der Waals surface area contributed by atoms with Gasteiger partial charge in [0.15, 0.2) is 0 Å². The molecule has 2 rings (SSSR count). The molecule has 1 aliphatic rings. The molecule has 1 aromatic heterocycles. The molecule has 5 heteroatoms. The van der Waals surface area contributed by atoms with Crippen LogP contribution in [0.5, 0.6) is 0 Å². The van der Waals surface area contributed by atoms with Crippen LogP contribution in [0.4, 0.5) is 0 Å². The molecule has 0 bridgehead atoms. The van der Waals surface area contributed by atoms with Gasteiger partial charge in [-0.3, -0.25) is 9.59 Å². The highest BCUT2D eigenvalue weighted by Gasteiger charge is 2.50. The lowest BCUT2D eigenvalue weighted by molar-refractivity contribution is -0.143. The van der Waals surface area contributed by atoms with Crippen LogP contribution in [0.2, 0.25) is 0 Å². The molecular weight excluding hydrogens is 238 g/mol. The third kappa shape index (κ3) is 2.85. The van der Waals surface area contributed by atoms with Crippen LogP contribution in [0.3, 0.4) is 0 Å². The van der Waals surface area contributed by atoms with Crippen molar-refractivity contribution in [2.24, 2.45) is 5.41 Å². The van der Waals surface area contributed by atoms with Gasteiger partial charge in [0.1, 0.15) is 0 Å². The zero-order valence-electron chi connectivity index (χ0n) is 9.66. The minimum atomic E-state index is -0.801. The second-order valence-electron chi connectivity index (χ2n) is 4.55. The van der Waals surface area contributed by atoms with Gasteiger partial charge in [-0.1, -0.05) is 0 Å². The summed E-state index contributed by atoms with van der Waals surface area (Å²) in [5.41, 5.74) is -0.680. The van der Waals surface area contributed by atoms with Crippen LogP contribution in [0.25, 0.3) is 0 Å². The molecule has 1 amide bonds. The Hall–Kier alpha value is -1.36. The molecule has 0 unspecified atom stereocenters. The van der Waals surface area contributed by atoms with Gasteiger partial charge in [0.2, 0.25) is 5.91 Å². The van der Waals surface area contributed by atoms with Crippen molar-refractivity contribution in [1.82, 2.24) is 5.32 Å². The van der Waals surface area contributed by atoms with Gasteiger partial charge in [0, 0.05) is 16.3 Å². The van der Waals surface area contributed by atoms with Crippen molar-refractivity contribution in [2.75, 3.05) is 6.54 Å². The summed E-state index contributed by atoms with van der Waals surface area (Å²) in [6.45, 7) is 2.25. The molecule has 1 heterocycles. The molecule has 17 heavy (non-hydrogen) atoms. The van der Waals surface area contributed by atoms with E-state index in [4.69, 9.17) is 5.11 Å². The van der Waals surface area contributed by atoms with Crippen molar-refractivity contribution in [1.29, 1.82) is 0 Å². The molecule has 92 valence electrons. The van der Waals surface area contributed by atoms with Crippen LogP contribution in [0.1, 0.15) is 22.6 Å². The molecule has 4 nitrogen and oxygen atoms in total. The summed E-state index contributed by atoms with van der Waals surface area (Å²) in [6, 6.07) is 3.91. The zero-order valence-corrected chi connectivity index (χ0v) is 10.5. The van der Waals surface area contributed by atoms with Gasteiger partial charge in [-0.25, -0.2) is 0 Å². The van der Waals surface area contributed by atoms with E-state index in [2.05, 4.69) is 5.32 Å². The van der Waals surface area contributed by atoms with Gasteiger partial charge < -0.3 is 10.4 Å². The molecule has 2 N–H and O–H groups in total. The Bertz CT molecular complexity index is 448. The number of nitrogens with one attached hydrogen (secondary N) is 1. The van der Waals surface area contributed by atoms with Gasteiger partial charge in [-0.15, -0.1) is 11.3 Å². The number of carbonyl (C=O) groups excluding carboxylic acids is 1. The lowest BCUT2D eigenvalue weighted by Crippen LogP contribution is -2.34. The number of carbonyl (C=O) groups is 2. The number of carboxylic acid groups (broad SMARTS) is 1. The number of aliphatic carboxylic acids is 1. The van der Waals surface area contributed by atoms with Gasteiger partial charge >= 0.3 is 5.97 Å². The molecule has 0 radical (unpaired) electrons. The minimum Gasteiger partial charge on any atom is -0.481 e. The summed E-state index contributed by atoms with van der Waals surface area (Å²) in [5.74, 6) is -0.899. The highest BCUT2D eigenvalue weighted by Crippen LogP contribution is 2.45. The molecule has 1 fully saturated rings. The van der Waals surface area contributed by atoms with E-state index in [9.17, 15) is 9.59 Å². The van der Waals surface area contributed by atoms with Gasteiger partial charge in [-0.05, 0) is 31.9 Å². The molecule has 1 aliphatic carbocycles. The lowest BCUT2D eigenvalue weighted by atomic mass is 10.1. The first-order chi connectivity index (χ1) is 8.02. The monoisotopic (exact) mass is 253 g/mol.